The lowest BCUT2D eigenvalue weighted by atomic mass is 9.93. The Morgan fingerprint density at radius 3 is 2.03 bits per heavy atom. The zero-order valence-corrected chi connectivity index (χ0v) is 24.1. The summed E-state index contributed by atoms with van der Waals surface area (Å²) >= 11 is 0. The Kier molecular flexibility index (Phi) is 12.9. The van der Waals surface area contributed by atoms with Gasteiger partial charge in [0.15, 0.2) is 0 Å². The maximum Gasteiger partial charge on any atom is 0.226 e. The predicted molar refractivity (Wildman–Crippen MR) is 149 cm³/mol. The van der Waals surface area contributed by atoms with E-state index in [-0.39, 0.29) is 17.9 Å². The molecule has 0 bridgehead atoms. The van der Waals surface area contributed by atoms with Crippen LogP contribution in [0.25, 0.3) is 0 Å². The molecule has 0 aromatic heterocycles. The van der Waals surface area contributed by atoms with Gasteiger partial charge in [0.05, 0.1) is 13.2 Å². The minimum Gasteiger partial charge on any atom is -0.497 e. The van der Waals surface area contributed by atoms with Crippen LogP contribution < -0.4 is 9.64 Å². The normalized spacial score (nSPS) is 14.1. The van der Waals surface area contributed by atoms with E-state index in [1.165, 1.54) is 0 Å². The van der Waals surface area contributed by atoms with Crippen LogP contribution in [0.3, 0.4) is 0 Å². The first-order valence-corrected chi connectivity index (χ1v) is 15.0. The summed E-state index contributed by atoms with van der Waals surface area (Å²) in [5.74, 6) is 1.10. The standard InChI is InChI=1S/C29H49NO3Si/c1-11-13-14-15-25(12-2)28(33-34(22(3)4,23(5)6)24(7)8)20-21-29(31)30(9)26-16-18-27(32-10)19-17-26/h11-13,16-19,22-25,28H,2,14-15,20-21H2,1,3-10H3/b13-11+/t25-,28-/m1/s1. The molecule has 0 unspecified atom stereocenters. The van der Waals surface area contributed by atoms with Gasteiger partial charge in [0.1, 0.15) is 5.75 Å². The van der Waals surface area contributed by atoms with Crippen molar-refractivity contribution in [2.24, 2.45) is 5.92 Å². The zero-order chi connectivity index (χ0) is 25.9. The van der Waals surface area contributed by atoms with Gasteiger partial charge >= 0.3 is 0 Å². The van der Waals surface area contributed by atoms with Gasteiger partial charge in [0, 0.05) is 25.1 Å². The quantitative estimate of drug-likeness (QED) is 0.185. The second-order valence-electron chi connectivity index (χ2n) is 10.2. The molecule has 5 heteroatoms. The Labute approximate surface area is 210 Å². The topological polar surface area (TPSA) is 38.8 Å². The number of nitrogens with zero attached hydrogens (tertiary/aromatic N) is 1. The van der Waals surface area contributed by atoms with Crippen LogP contribution in [0.15, 0.2) is 49.1 Å². The van der Waals surface area contributed by atoms with Crippen LogP contribution in [-0.4, -0.2) is 34.5 Å². The lowest BCUT2D eigenvalue weighted by Crippen LogP contribution is -2.51. The molecule has 1 amide bonds. The Morgan fingerprint density at radius 2 is 1.59 bits per heavy atom. The molecule has 0 aliphatic carbocycles. The number of anilines is 1. The highest BCUT2D eigenvalue weighted by Crippen LogP contribution is 2.44. The van der Waals surface area contributed by atoms with Crippen molar-refractivity contribution in [1.29, 1.82) is 0 Å². The van der Waals surface area contributed by atoms with Gasteiger partial charge in [-0.1, -0.05) is 59.8 Å². The van der Waals surface area contributed by atoms with Crippen LogP contribution in [0.1, 0.15) is 74.1 Å². The average molecular weight is 488 g/mol. The van der Waals surface area contributed by atoms with Gasteiger partial charge in [0.25, 0.3) is 0 Å². The smallest absolute Gasteiger partial charge is 0.226 e. The lowest BCUT2D eigenvalue weighted by molar-refractivity contribution is -0.118. The second-order valence-corrected chi connectivity index (χ2v) is 15.6. The van der Waals surface area contributed by atoms with E-state index in [1.807, 2.05) is 37.4 Å². The molecule has 0 saturated carbocycles. The van der Waals surface area contributed by atoms with Crippen LogP contribution in [0.2, 0.25) is 16.6 Å². The van der Waals surface area contributed by atoms with E-state index in [0.717, 1.165) is 24.3 Å². The molecule has 0 radical (unpaired) electrons. The maximum absolute atomic E-state index is 13.2. The molecule has 0 heterocycles. The van der Waals surface area contributed by atoms with E-state index in [1.54, 1.807) is 12.0 Å². The van der Waals surface area contributed by atoms with Crippen molar-refractivity contribution in [3.63, 3.8) is 0 Å². The van der Waals surface area contributed by atoms with Crippen molar-refractivity contribution in [3.8, 4) is 5.75 Å². The molecule has 0 saturated heterocycles. The van der Waals surface area contributed by atoms with Crippen LogP contribution in [0.5, 0.6) is 5.75 Å². The van der Waals surface area contributed by atoms with E-state index in [0.29, 0.717) is 29.5 Å². The fraction of sp³-hybridized carbons (Fsp3) is 0.621. The minimum atomic E-state index is -2.10. The van der Waals surface area contributed by atoms with Gasteiger partial charge in [0.2, 0.25) is 14.2 Å². The van der Waals surface area contributed by atoms with E-state index in [9.17, 15) is 4.79 Å². The molecule has 0 N–H and O–H groups in total. The molecule has 4 nitrogen and oxygen atoms in total. The number of carbonyl (C=O) groups excluding carboxylic acids is 1. The Balaban J connectivity index is 3.13. The third-order valence-electron chi connectivity index (χ3n) is 7.22. The number of allylic oxidation sites excluding steroid dienone is 2. The van der Waals surface area contributed by atoms with Gasteiger partial charge < -0.3 is 14.1 Å². The molecule has 1 rings (SSSR count). The number of methoxy groups -OCH3 is 1. The first kappa shape index (κ1) is 30.2. The van der Waals surface area contributed by atoms with Crippen molar-refractivity contribution in [1.82, 2.24) is 0 Å². The fourth-order valence-corrected chi connectivity index (χ4v) is 11.0. The Hall–Kier alpha value is -1.85. The van der Waals surface area contributed by atoms with Crippen molar-refractivity contribution in [2.45, 2.75) is 96.9 Å². The summed E-state index contributed by atoms with van der Waals surface area (Å²) in [5, 5.41) is 0. The summed E-state index contributed by atoms with van der Waals surface area (Å²) in [7, 11) is 1.39. The van der Waals surface area contributed by atoms with Crippen molar-refractivity contribution >= 4 is 19.9 Å². The highest BCUT2D eigenvalue weighted by atomic mass is 28.4. The maximum atomic E-state index is 13.2. The third kappa shape index (κ3) is 7.84. The number of amides is 1. The number of benzene rings is 1. The van der Waals surface area contributed by atoms with Gasteiger partial charge in [-0.25, -0.2) is 0 Å². The third-order valence-corrected chi connectivity index (χ3v) is 13.3. The summed E-state index contributed by atoms with van der Waals surface area (Å²) < 4.78 is 12.5. The highest BCUT2D eigenvalue weighted by molar-refractivity contribution is 6.77. The molecule has 0 aliphatic rings. The first-order chi connectivity index (χ1) is 16.0. The van der Waals surface area contributed by atoms with E-state index in [2.05, 4.69) is 67.2 Å². The molecular formula is C29H49NO3Si. The average Bonchev–Trinajstić information content (AvgIpc) is 2.81. The number of ether oxygens (including phenoxy) is 1. The van der Waals surface area contributed by atoms with E-state index < -0.39 is 8.32 Å². The van der Waals surface area contributed by atoms with Crippen molar-refractivity contribution in [3.05, 3.63) is 49.1 Å². The monoisotopic (exact) mass is 487 g/mol. The van der Waals surface area contributed by atoms with Crippen LogP contribution in [0, 0.1) is 5.92 Å². The van der Waals surface area contributed by atoms with Gasteiger partial charge in [-0.3, -0.25) is 4.79 Å². The zero-order valence-electron chi connectivity index (χ0n) is 23.1. The molecule has 2 atom stereocenters. The minimum absolute atomic E-state index is 0.00478. The number of carbonyl (C=O) groups is 1. The van der Waals surface area contributed by atoms with Crippen LogP contribution in [0.4, 0.5) is 5.69 Å². The Bertz CT molecular complexity index is 748. The molecule has 1 aromatic carbocycles. The van der Waals surface area contributed by atoms with E-state index >= 15 is 0 Å². The number of hydrogen-bond acceptors (Lipinski definition) is 3. The molecule has 34 heavy (non-hydrogen) atoms. The second kappa shape index (κ2) is 14.5. The highest BCUT2D eigenvalue weighted by Gasteiger charge is 2.47. The Morgan fingerprint density at radius 1 is 1.03 bits per heavy atom. The molecular weight excluding hydrogens is 438 g/mol. The molecule has 0 aliphatic heterocycles. The van der Waals surface area contributed by atoms with Crippen molar-refractivity contribution in [2.75, 3.05) is 19.1 Å². The first-order valence-electron chi connectivity index (χ1n) is 12.9. The largest absolute Gasteiger partial charge is 0.497 e. The van der Waals surface area contributed by atoms with Crippen LogP contribution in [-0.2, 0) is 9.22 Å². The molecule has 1 aromatic rings. The summed E-state index contributed by atoms with van der Waals surface area (Å²) in [6.07, 6.45) is 9.47. The number of hydrogen-bond donors (Lipinski definition) is 0. The molecule has 192 valence electrons. The summed E-state index contributed by atoms with van der Waals surface area (Å²) in [4.78, 5) is 14.9. The summed E-state index contributed by atoms with van der Waals surface area (Å²) in [6, 6.07) is 7.60. The van der Waals surface area contributed by atoms with Gasteiger partial charge in [-0.2, -0.15) is 0 Å². The molecule has 0 fully saturated rings. The fourth-order valence-electron chi connectivity index (χ4n) is 5.32. The van der Waals surface area contributed by atoms with Gasteiger partial charge in [-0.15, -0.1) is 6.58 Å². The van der Waals surface area contributed by atoms with E-state index in [4.69, 9.17) is 9.16 Å². The lowest BCUT2D eigenvalue weighted by Gasteiger charge is -2.46. The van der Waals surface area contributed by atoms with Crippen LogP contribution >= 0.6 is 0 Å². The number of rotatable bonds is 15. The SMILES string of the molecule is C=C[C@H](CC/C=C/C)[C@@H](CCC(=O)N(C)c1ccc(OC)cc1)O[Si](C(C)C)(C(C)C)C(C)C. The summed E-state index contributed by atoms with van der Waals surface area (Å²) in [6.45, 7) is 20.1. The predicted octanol–water partition coefficient (Wildman–Crippen LogP) is 8.16. The molecule has 0 spiro atoms. The van der Waals surface area contributed by atoms with Crippen molar-refractivity contribution < 1.29 is 14.0 Å². The summed E-state index contributed by atoms with van der Waals surface area (Å²) in [5.41, 5.74) is 2.35. The van der Waals surface area contributed by atoms with Gasteiger partial charge in [-0.05, 0) is 67.1 Å².